The molecule has 1 aromatic carbocycles. The summed E-state index contributed by atoms with van der Waals surface area (Å²) in [5.74, 6) is -10.8. The highest BCUT2D eigenvalue weighted by Crippen LogP contribution is 2.48. The molecule has 4 atom stereocenters. The third-order valence-corrected chi connectivity index (χ3v) is 7.82. The number of aliphatic hydroxyl groups is 3. The molecule has 2 fully saturated rings. The SMILES string of the molecule is CCC(=O)c1ccc(F)c([C@@H]2C[C@@H]2NC(=O)Nc2ccc(C#N)cn2)c1OC(O)(O)O[C@@]1(O)O[C@@](N)(C(C)C)C(=O)OOCC(C)(C)C1=O. The van der Waals surface area contributed by atoms with Gasteiger partial charge in [-0.05, 0) is 30.7 Å². The number of hydrogen-bond donors (Lipinski definition) is 6. The van der Waals surface area contributed by atoms with Crippen LogP contribution in [0.25, 0.3) is 0 Å². The fourth-order valence-electron chi connectivity index (χ4n) is 4.83. The van der Waals surface area contributed by atoms with Crippen LogP contribution in [0.15, 0.2) is 30.5 Å². The summed E-state index contributed by atoms with van der Waals surface area (Å²) in [6.07, 6.45) is -2.88. The number of nitriles is 1. The molecule has 2 aliphatic rings. The van der Waals surface area contributed by atoms with E-state index in [1.54, 1.807) is 0 Å². The number of nitrogens with zero attached hydrogens (tertiary/aromatic N) is 2. The molecule has 264 valence electrons. The number of nitrogens with two attached hydrogens (primary N) is 1. The van der Waals surface area contributed by atoms with E-state index in [0.717, 1.165) is 12.1 Å². The van der Waals surface area contributed by atoms with Crippen LogP contribution >= 0.6 is 0 Å². The maximum absolute atomic E-state index is 15.5. The van der Waals surface area contributed by atoms with Crippen LogP contribution in [0.4, 0.5) is 15.0 Å². The summed E-state index contributed by atoms with van der Waals surface area (Å²) >= 11 is 0. The first kappa shape index (κ1) is 37.2. The predicted octanol–water partition coefficient (Wildman–Crippen LogP) is 1.41. The summed E-state index contributed by atoms with van der Waals surface area (Å²) in [7, 11) is 0. The van der Waals surface area contributed by atoms with Crippen LogP contribution in [-0.4, -0.2) is 74.4 Å². The molecule has 1 saturated heterocycles. The van der Waals surface area contributed by atoms with E-state index in [2.05, 4.69) is 20.5 Å². The summed E-state index contributed by atoms with van der Waals surface area (Å²) in [6.45, 7) is 5.93. The van der Waals surface area contributed by atoms with Gasteiger partial charge in [-0.3, -0.25) is 30.3 Å². The summed E-state index contributed by atoms with van der Waals surface area (Å²) in [4.78, 5) is 65.2. The van der Waals surface area contributed by atoms with E-state index in [4.69, 9.17) is 30.1 Å². The lowest BCUT2D eigenvalue weighted by molar-refractivity contribution is -0.528. The lowest BCUT2D eigenvalue weighted by Gasteiger charge is -2.40. The third kappa shape index (κ3) is 8.00. The van der Waals surface area contributed by atoms with Gasteiger partial charge in [0.2, 0.25) is 11.5 Å². The van der Waals surface area contributed by atoms with E-state index in [-0.39, 0.29) is 35.3 Å². The van der Waals surface area contributed by atoms with Crippen molar-refractivity contribution in [2.75, 3.05) is 11.9 Å². The molecule has 17 nitrogen and oxygen atoms in total. The van der Waals surface area contributed by atoms with Crippen LogP contribution in [0.5, 0.6) is 5.75 Å². The second-order valence-corrected chi connectivity index (χ2v) is 12.4. The zero-order chi connectivity index (χ0) is 36.5. The van der Waals surface area contributed by atoms with Crippen molar-refractivity contribution in [2.24, 2.45) is 17.1 Å². The number of anilines is 1. The van der Waals surface area contributed by atoms with Crippen LogP contribution in [0, 0.1) is 28.5 Å². The zero-order valence-corrected chi connectivity index (χ0v) is 27.1. The fourth-order valence-corrected chi connectivity index (χ4v) is 4.83. The summed E-state index contributed by atoms with van der Waals surface area (Å²) < 4.78 is 31.0. The molecule has 0 unspecified atom stereocenters. The van der Waals surface area contributed by atoms with E-state index >= 15 is 4.39 Å². The van der Waals surface area contributed by atoms with E-state index in [1.807, 2.05) is 6.07 Å². The van der Waals surface area contributed by atoms with Gasteiger partial charge in [0.25, 0.3) is 0 Å². The Morgan fingerprint density at radius 1 is 1.24 bits per heavy atom. The van der Waals surface area contributed by atoms with Crippen molar-refractivity contribution >= 4 is 29.4 Å². The first-order valence-electron chi connectivity index (χ1n) is 15.0. The Hall–Kier alpha value is -4.61. The maximum atomic E-state index is 15.5. The number of carbonyl (C=O) groups is 4. The van der Waals surface area contributed by atoms with Crippen LogP contribution in [0.3, 0.4) is 0 Å². The number of nitrogens with one attached hydrogen (secondary N) is 2. The molecule has 0 spiro atoms. The third-order valence-electron chi connectivity index (χ3n) is 7.82. The molecule has 7 N–H and O–H groups in total. The number of Topliss-reactive ketones (excluding diaryl/α,β-unsaturated/α-hetero) is 2. The Bertz CT molecular complexity index is 1680. The second-order valence-electron chi connectivity index (χ2n) is 12.4. The number of aromatic nitrogens is 1. The lowest BCUT2D eigenvalue weighted by atomic mass is 9.87. The molecule has 18 heteroatoms. The summed E-state index contributed by atoms with van der Waals surface area (Å²) in [6, 6.07) is 5.17. The van der Waals surface area contributed by atoms with Crippen molar-refractivity contribution in [1.29, 1.82) is 5.26 Å². The Balaban J connectivity index is 1.66. The van der Waals surface area contributed by atoms with Crippen molar-refractivity contribution < 1.29 is 62.9 Å². The number of ether oxygens (including phenoxy) is 3. The van der Waals surface area contributed by atoms with Gasteiger partial charge in [0.1, 0.15) is 30.1 Å². The Labute approximate surface area is 279 Å². The van der Waals surface area contributed by atoms with Crippen LogP contribution in [0.1, 0.15) is 74.9 Å². The number of benzene rings is 1. The van der Waals surface area contributed by atoms with Crippen molar-refractivity contribution in [3.63, 3.8) is 0 Å². The molecule has 0 radical (unpaired) electrons. The summed E-state index contributed by atoms with van der Waals surface area (Å²) in [5.41, 5.74) is 1.14. The van der Waals surface area contributed by atoms with Crippen LogP contribution in [0.2, 0.25) is 0 Å². The van der Waals surface area contributed by atoms with Crippen molar-refractivity contribution in [3.8, 4) is 11.8 Å². The normalized spacial score (nSPS) is 25.3. The van der Waals surface area contributed by atoms with Crippen molar-refractivity contribution in [2.45, 2.75) is 77.3 Å². The number of pyridine rings is 1. The van der Waals surface area contributed by atoms with Crippen molar-refractivity contribution in [3.05, 3.63) is 53.0 Å². The molecular formula is C31H36FN5O12. The number of hydrogen-bond acceptors (Lipinski definition) is 15. The van der Waals surface area contributed by atoms with Gasteiger partial charge in [-0.15, -0.1) is 0 Å². The number of urea groups is 1. The molecule has 4 rings (SSSR count). The minimum Gasteiger partial charge on any atom is -0.415 e. The first-order chi connectivity index (χ1) is 22.8. The Morgan fingerprint density at radius 2 is 1.94 bits per heavy atom. The highest BCUT2D eigenvalue weighted by Gasteiger charge is 2.60. The van der Waals surface area contributed by atoms with E-state index in [9.17, 15) is 34.5 Å². The second kappa shape index (κ2) is 13.7. The highest BCUT2D eigenvalue weighted by atomic mass is 19.1. The van der Waals surface area contributed by atoms with Gasteiger partial charge >= 0.3 is 24.1 Å². The molecule has 1 saturated carbocycles. The van der Waals surface area contributed by atoms with E-state index in [1.165, 1.54) is 52.9 Å². The predicted molar refractivity (Wildman–Crippen MR) is 161 cm³/mol. The minimum atomic E-state index is -4.07. The Kier molecular flexibility index (Phi) is 10.4. The topological polar surface area (TPSA) is 262 Å². The van der Waals surface area contributed by atoms with Crippen LogP contribution in [-0.2, 0) is 28.8 Å². The molecule has 1 aliphatic carbocycles. The highest BCUT2D eigenvalue weighted by molar-refractivity contribution is 5.99. The number of amides is 2. The number of rotatable bonds is 10. The first-order valence-corrected chi connectivity index (χ1v) is 15.0. The smallest absolute Gasteiger partial charge is 0.415 e. The van der Waals surface area contributed by atoms with Gasteiger partial charge in [0, 0.05) is 36.1 Å². The number of carbonyl (C=O) groups excluding carboxylic acids is 4. The fraction of sp³-hybridized carbons (Fsp3) is 0.484. The van der Waals surface area contributed by atoms with Gasteiger partial charge in [-0.1, -0.05) is 34.6 Å². The largest absolute Gasteiger partial charge is 0.460 e. The number of ketones is 2. The standard InChI is InChI=1S/C31H36FN5O12/c1-6-21(38)17-8-9-19(32)23(18-11-20(18)36-27(41)37-22-10-7-16(12-33)13-35-22)24(17)46-31(43,44)49-30(42)25(39)28(4,5)14-45-47-26(40)29(34,48-30)15(2)3/h7-10,13,15,18,20,42-44H,6,11,14,34H2,1-5H3,(H2,35,36,37,41)/t18-,20+,29+,30+/m1/s1. The molecule has 2 heterocycles. The average molecular weight is 690 g/mol. The van der Waals surface area contributed by atoms with Crippen molar-refractivity contribution in [1.82, 2.24) is 10.3 Å². The van der Waals surface area contributed by atoms with Gasteiger partial charge in [-0.25, -0.2) is 23.7 Å². The quantitative estimate of drug-likeness (QED) is 0.117. The van der Waals surface area contributed by atoms with E-state index < -0.39 is 82.9 Å². The van der Waals surface area contributed by atoms with E-state index in [0.29, 0.717) is 0 Å². The van der Waals surface area contributed by atoms with Gasteiger partial charge in [0.05, 0.1) is 16.5 Å². The molecule has 2 aromatic rings. The Morgan fingerprint density at radius 3 is 2.53 bits per heavy atom. The number of halogens is 1. The molecule has 49 heavy (non-hydrogen) atoms. The van der Waals surface area contributed by atoms with Gasteiger partial charge in [0.15, 0.2) is 5.78 Å². The zero-order valence-electron chi connectivity index (χ0n) is 27.1. The maximum Gasteiger partial charge on any atom is 0.460 e. The average Bonchev–Trinajstić information content (AvgIpc) is 3.77. The summed E-state index contributed by atoms with van der Waals surface area (Å²) in [5, 5.41) is 47.4. The molecule has 1 aromatic heterocycles. The van der Waals surface area contributed by atoms with Gasteiger partial charge < -0.3 is 25.4 Å². The van der Waals surface area contributed by atoms with Gasteiger partial charge in [-0.2, -0.15) is 10.1 Å². The molecular weight excluding hydrogens is 653 g/mol. The molecule has 2 amide bonds. The van der Waals surface area contributed by atoms with Crippen LogP contribution < -0.4 is 21.1 Å². The molecule has 0 bridgehead atoms. The minimum absolute atomic E-state index is 0.0991. The lowest BCUT2D eigenvalue weighted by Crippen LogP contribution is -2.66. The molecule has 1 aliphatic heterocycles. The monoisotopic (exact) mass is 689 g/mol.